The van der Waals surface area contributed by atoms with Crippen molar-refractivity contribution in [3.63, 3.8) is 0 Å². The highest BCUT2D eigenvalue weighted by molar-refractivity contribution is 6.22. The van der Waals surface area contributed by atoms with Crippen molar-refractivity contribution in [2.45, 2.75) is 32.9 Å². The Morgan fingerprint density at radius 3 is 2.39 bits per heavy atom. The zero-order chi connectivity index (χ0) is 20.6. The van der Waals surface area contributed by atoms with Crippen LogP contribution >= 0.6 is 0 Å². The molecule has 1 aliphatic rings. The summed E-state index contributed by atoms with van der Waals surface area (Å²) in [5, 5.41) is 2.72. The number of amides is 3. The zero-order valence-electron chi connectivity index (χ0n) is 16.1. The summed E-state index contributed by atoms with van der Waals surface area (Å²) in [6.07, 6.45) is 0. The Morgan fingerprint density at radius 1 is 1.07 bits per heavy atom. The van der Waals surface area contributed by atoms with Crippen LogP contribution in [0.2, 0.25) is 0 Å². The lowest BCUT2D eigenvalue weighted by molar-refractivity contribution is -0.125. The molecule has 1 aliphatic heterocycles. The van der Waals surface area contributed by atoms with Crippen LogP contribution in [-0.2, 0) is 4.79 Å². The van der Waals surface area contributed by atoms with Gasteiger partial charge in [-0.15, -0.1) is 0 Å². The second-order valence-corrected chi connectivity index (χ2v) is 6.83. The van der Waals surface area contributed by atoms with Gasteiger partial charge in [0, 0.05) is 0 Å². The smallest absolute Gasteiger partial charge is 0.262 e. The first kappa shape index (κ1) is 19.5. The zero-order valence-corrected chi connectivity index (χ0v) is 16.1. The first-order chi connectivity index (χ1) is 13.2. The number of imide groups is 1. The number of aryl methyl sites for hydroxylation is 1. The highest BCUT2D eigenvalue weighted by atomic mass is 19.1. The quantitative estimate of drug-likeness (QED) is 0.804. The number of fused-ring (bicyclic) bond motifs is 1. The number of ether oxygens (including phenoxy) is 1. The minimum atomic E-state index is -1.00. The third-order valence-corrected chi connectivity index (χ3v) is 4.87. The molecule has 6 nitrogen and oxygen atoms in total. The van der Waals surface area contributed by atoms with Gasteiger partial charge in [0.1, 0.15) is 6.04 Å². The summed E-state index contributed by atoms with van der Waals surface area (Å²) >= 11 is 0. The lowest BCUT2D eigenvalue weighted by Crippen LogP contribution is -2.48. The van der Waals surface area contributed by atoms with Crippen molar-refractivity contribution in [3.8, 4) is 5.75 Å². The number of hydrogen-bond donors (Lipinski definition) is 1. The largest absolute Gasteiger partial charge is 0.494 e. The van der Waals surface area contributed by atoms with E-state index in [0.29, 0.717) is 16.7 Å². The predicted octanol–water partition coefficient (Wildman–Crippen LogP) is 3.00. The highest BCUT2D eigenvalue weighted by Crippen LogP contribution is 2.26. The third kappa shape index (κ3) is 3.35. The Hall–Kier alpha value is -3.22. The topological polar surface area (TPSA) is 75.7 Å². The van der Waals surface area contributed by atoms with Crippen molar-refractivity contribution in [3.05, 3.63) is 64.5 Å². The van der Waals surface area contributed by atoms with Gasteiger partial charge in [0.15, 0.2) is 11.6 Å². The van der Waals surface area contributed by atoms with Crippen LogP contribution in [-0.4, -0.2) is 35.8 Å². The van der Waals surface area contributed by atoms with Crippen LogP contribution in [0.15, 0.2) is 36.4 Å². The molecule has 0 radical (unpaired) electrons. The molecule has 146 valence electrons. The number of benzene rings is 2. The Balaban J connectivity index is 1.75. The summed E-state index contributed by atoms with van der Waals surface area (Å²) in [4.78, 5) is 38.8. The molecular formula is C21H21FN2O4. The van der Waals surface area contributed by atoms with Crippen LogP contribution in [0.25, 0.3) is 0 Å². The molecular weight excluding hydrogens is 363 g/mol. The van der Waals surface area contributed by atoms with Gasteiger partial charge in [-0.2, -0.15) is 0 Å². The molecule has 0 saturated carbocycles. The van der Waals surface area contributed by atoms with E-state index >= 15 is 0 Å². The summed E-state index contributed by atoms with van der Waals surface area (Å²) < 4.78 is 18.8. The Bertz CT molecular complexity index is 973. The molecule has 28 heavy (non-hydrogen) atoms. The van der Waals surface area contributed by atoms with Gasteiger partial charge in [-0.3, -0.25) is 19.3 Å². The predicted molar refractivity (Wildman–Crippen MR) is 101 cm³/mol. The van der Waals surface area contributed by atoms with Gasteiger partial charge in [0.05, 0.1) is 24.3 Å². The van der Waals surface area contributed by atoms with E-state index < -0.39 is 35.6 Å². The SMILES string of the molecule is COc1ccc([C@H](C)NC(=O)[C@H](C)N2C(=O)c3ccc(C)cc3C2=O)cc1F. The van der Waals surface area contributed by atoms with Gasteiger partial charge in [-0.05, 0) is 50.6 Å². The average Bonchev–Trinajstić information content (AvgIpc) is 2.90. The first-order valence-electron chi connectivity index (χ1n) is 8.87. The van der Waals surface area contributed by atoms with Gasteiger partial charge in [0.2, 0.25) is 5.91 Å². The lowest BCUT2D eigenvalue weighted by Gasteiger charge is -2.24. The fourth-order valence-corrected chi connectivity index (χ4v) is 3.21. The Labute approximate surface area is 162 Å². The first-order valence-corrected chi connectivity index (χ1v) is 8.87. The maximum Gasteiger partial charge on any atom is 0.262 e. The van der Waals surface area contributed by atoms with Gasteiger partial charge in [-0.25, -0.2) is 4.39 Å². The molecule has 0 bridgehead atoms. The van der Waals surface area contributed by atoms with Crippen molar-refractivity contribution in [1.29, 1.82) is 0 Å². The molecule has 0 aromatic heterocycles. The summed E-state index contributed by atoms with van der Waals surface area (Å²) in [6, 6.07) is 7.86. The number of halogens is 1. The maximum absolute atomic E-state index is 13.9. The number of nitrogens with one attached hydrogen (secondary N) is 1. The third-order valence-electron chi connectivity index (χ3n) is 4.87. The molecule has 2 atom stereocenters. The molecule has 1 N–H and O–H groups in total. The molecule has 7 heteroatoms. The Kier molecular flexibility index (Phi) is 5.18. The molecule has 0 aliphatic carbocycles. The lowest BCUT2D eigenvalue weighted by atomic mass is 10.1. The molecule has 0 saturated heterocycles. The minimum Gasteiger partial charge on any atom is -0.494 e. The Morgan fingerprint density at radius 2 is 1.75 bits per heavy atom. The molecule has 2 aromatic carbocycles. The fraction of sp³-hybridized carbons (Fsp3) is 0.286. The molecule has 3 rings (SSSR count). The number of rotatable bonds is 5. The van der Waals surface area contributed by atoms with Crippen LogP contribution in [0, 0.1) is 12.7 Å². The number of hydrogen-bond acceptors (Lipinski definition) is 4. The second-order valence-electron chi connectivity index (χ2n) is 6.83. The minimum absolute atomic E-state index is 0.108. The number of carbonyl (C=O) groups is 3. The van der Waals surface area contributed by atoms with E-state index in [0.717, 1.165) is 10.5 Å². The van der Waals surface area contributed by atoms with E-state index in [1.54, 1.807) is 31.2 Å². The summed E-state index contributed by atoms with van der Waals surface area (Å²) in [5.41, 5.74) is 1.99. The van der Waals surface area contributed by atoms with Crippen molar-refractivity contribution in [2.24, 2.45) is 0 Å². The summed E-state index contributed by atoms with van der Waals surface area (Å²) in [6.45, 7) is 5.01. The van der Waals surface area contributed by atoms with Crippen molar-refractivity contribution in [2.75, 3.05) is 7.11 Å². The number of carbonyl (C=O) groups excluding carboxylic acids is 3. The molecule has 0 unspecified atom stereocenters. The normalized spacial score (nSPS) is 15.2. The highest BCUT2D eigenvalue weighted by Gasteiger charge is 2.41. The molecule has 0 spiro atoms. The average molecular weight is 384 g/mol. The maximum atomic E-state index is 13.9. The fourth-order valence-electron chi connectivity index (χ4n) is 3.21. The van der Waals surface area contributed by atoms with E-state index in [2.05, 4.69) is 5.32 Å². The van der Waals surface area contributed by atoms with Gasteiger partial charge in [-0.1, -0.05) is 17.7 Å². The number of methoxy groups -OCH3 is 1. The molecule has 0 fully saturated rings. The van der Waals surface area contributed by atoms with Crippen molar-refractivity contribution < 1.29 is 23.5 Å². The van der Waals surface area contributed by atoms with E-state index in [4.69, 9.17) is 4.74 Å². The van der Waals surface area contributed by atoms with Crippen LogP contribution in [0.1, 0.15) is 51.7 Å². The van der Waals surface area contributed by atoms with Crippen LogP contribution in [0.3, 0.4) is 0 Å². The van der Waals surface area contributed by atoms with E-state index in [1.807, 2.05) is 6.92 Å². The van der Waals surface area contributed by atoms with Crippen LogP contribution < -0.4 is 10.1 Å². The monoisotopic (exact) mass is 384 g/mol. The van der Waals surface area contributed by atoms with Crippen molar-refractivity contribution >= 4 is 17.7 Å². The van der Waals surface area contributed by atoms with Crippen LogP contribution in [0.4, 0.5) is 4.39 Å². The van der Waals surface area contributed by atoms with Crippen LogP contribution in [0.5, 0.6) is 5.75 Å². The second kappa shape index (κ2) is 7.42. The van der Waals surface area contributed by atoms with Crippen molar-refractivity contribution in [1.82, 2.24) is 10.2 Å². The summed E-state index contributed by atoms with van der Waals surface area (Å²) in [7, 11) is 1.37. The standard InChI is InChI=1S/C21H21FN2O4/c1-11-5-7-15-16(9-11)21(27)24(20(15)26)13(3)19(25)23-12(2)14-6-8-18(28-4)17(22)10-14/h5-10,12-13H,1-4H3,(H,23,25)/t12-,13-/m0/s1. The number of nitrogens with zero attached hydrogens (tertiary/aromatic N) is 1. The molecule has 2 aromatic rings. The van der Waals surface area contributed by atoms with Gasteiger partial charge in [0.25, 0.3) is 11.8 Å². The van der Waals surface area contributed by atoms with Gasteiger partial charge >= 0.3 is 0 Å². The van der Waals surface area contributed by atoms with E-state index in [-0.39, 0.29) is 5.75 Å². The van der Waals surface area contributed by atoms with Gasteiger partial charge < -0.3 is 10.1 Å². The summed E-state index contributed by atoms with van der Waals surface area (Å²) in [5.74, 6) is -1.92. The van der Waals surface area contributed by atoms with E-state index in [9.17, 15) is 18.8 Å². The molecule has 3 amide bonds. The van der Waals surface area contributed by atoms with E-state index in [1.165, 1.54) is 26.2 Å². The molecule has 1 heterocycles.